The lowest BCUT2D eigenvalue weighted by atomic mass is 10.1. The normalized spacial score (nSPS) is 11.3. The minimum atomic E-state index is -3.94. The fourth-order valence-corrected chi connectivity index (χ4v) is 4.43. The monoisotopic (exact) mass is 400 g/mol. The van der Waals surface area contributed by atoms with Gasteiger partial charge < -0.3 is 0 Å². The molecule has 0 radical (unpaired) electrons. The Morgan fingerprint density at radius 2 is 1.81 bits per heavy atom. The van der Waals surface area contributed by atoms with Gasteiger partial charge in [0.05, 0.1) is 11.3 Å². The smallest absolute Gasteiger partial charge is 0.264 e. The molecule has 0 saturated carbocycles. The van der Waals surface area contributed by atoms with Crippen molar-refractivity contribution in [3.05, 3.63) is 70.7 Å². The molecule has 0 unspecified atom stereocenters. The molecule has 0 aliphatic carbocycles. The number of hydrogen-bond acceptors (Lipinski definition) is 5. The standard InChI is InChI=1S/C20H20N2O3S2/c1-3-15-7-9-16(10-8-15)11-19(23)22-27(24,25)18-6-4-5-17(12-18)20-21-14(2)13-26-20/h4-10,12-13H,3,11H2,1-2H3,(H,22,23). The molecule has 0 aliphatic rings. The second-order valence-electron chi connectivity index (χ2n) is 6.20. The highest BCUT2D eigenvalue weighted by Gasteiger charge is 2.19. The van der Waals surface area contributed by atoms with Crippen LogP contribution in [0.15, 0.2) is 58.8 Å². The zero-order chi connectivity index (χ0) is 19.4. The van der Waals surface area contributed by atoms with Gasteiger partial charge >= 0.3 is 0 Å². The average Bonchev–Trinajstić information content (AvgIpc) is 3.08. The maximum Gasteiger partial charge on any atom is 0.264 e. The van der Waals surface area contributed by atoms with Crippen LogP contribution < -0.4 is 4.72 Å². The SMILES string of the molecule is CCc1ccc(CC(=O)NS(=O)(=O)c2cccc(-c3nc(C)cs3)c2)cc1. The van der Waals surface area contributed by atoms with Crippen LogP contribution in [0.1, 0.15) is 23.7 Å². The number of hydrogen-bond donors (Lipinski definition) is 1. The summed E-state index contributed by atoms with van der Waals surface area (Å²) < 4.78 is 27.3. The number of rotatable bonds is 6. The molecular formula is C20H20N2O3S2. The Labute approximate surface area is 163 Å². The fraction of sp³-hybridized carbons (Fsp3) is 0.200. The first kappa shape index (κ1) is 19.3. The van der Waals surface area contributed by atoms with E-state index < -0.39 is 15.9 Å². The van der Waals surface area contributed by atoms with E-state index in [-0.39, 0.29) is 11.3 Å². The fourth-order valence-electron chi connectivity index (χ4n) is 2.61. The summed E-state index contributed by atoms with van der Waals surface area (Å²) in [5, 5.41) is 2.65. The van der Waals surface area contributed by atoms with Crippen LogP contribution in [0.2, 0.25) is 0 Å². The molecule has 27 heavy (non-hydrogen) atoms. The van der Waals surface area contributed by atoms with E-state index in [2.05, 4.69) is 16.6 Å². The topological polar surface area (TPSA) is 76.1 Å². The van der Waals surface area contributed by atoms with Crippen molar-refractivity contribution in [1.29, 1.82) is 0 Å². The van der Waals surface area contributed by atoms with E-state index in [1.54, 1.807) is 12.1 Å². The zero-order valence-electron chi connectivity index (χ0n) is 15.1. The Kier molecular flexibility index (Phi) is 5.72. The number of aromatic nitrogens is 1. The number of amides is 1. The van der Waals surface area contributed by atoms with Gasteiger partial charge in [0, 0.05) is 16.6 Å². The molecule has 5 nitrogen and oxygen atoms in total. The Bertz CT molecular complexity index is 1050. The summed E-state index contributed by atoms with van der Waals surface area (Å²) in [6.45, 7) is 3.93. The van der Waals surface area contributed by atoms with Crippen LogP contribution in [0.4, 0.5) is 0 Å². The Morgan fingerprint density at radius 1 is 1.11 bits per heavy atom. The number of thiazole rings is 1. The van der Waals surface area contributed by atoms with Gasteiger partial charge in [0.1, 0.15) is 5.01 Å². The lowest BCUT2D eigenvalue weighted by Crippen LogP contribution is -2.31. The van der Waals surface area contributed by atoms with Crippen LogP contribution in [0, 0.1) is 6.92 Å². The van der Waals surface area contributed by atoms with Gasteiger partial charge in [-0.2, -0.15) is 0 Å². The molecule has 140 valence electrons. The lowest BCUT2D eigenvalue weighted by molar-refractivity contribution is -0.118. The van der Waals surface area contributed by atoms with Crippen LogP contribution in [0.5, 0.6) is 0 Å². The Hall–Kier alpha value is -2.51. The van der Waals surface area contributed by atoms with Crippen molar-refractivity contribution in [2.45, 2.75) is 31.6 Å². The van der Waals surface area contributed by atoms with Gasteiger partial charge in [-0.15, -0.1) is 11.3 Å². The summed E-state index contributed by atoms with van der Waals surface area (Å²) in [6, 6.07) is 14.0. The first-order valence-corrected chi connectivity index (χ1v) is 10.9. The Balaban J connectivity index is 1.74. The lowest BCUT2D eigenvalue weighted by Gasteiger charge is -2.08. The van der Waals surface area contributed by atoms with Gasteiger partial charge in [-0.3, -0.25) is 4.79 Å². The molecule has 3 aromatic rings. The second kappa shape index (κ2) is 8.02. The highest BCUT2D eigenvalue weighted by atomic mass is 32.2. The summed E-state index contributed by atoms with van der Waals surface area (Å²) in [5.74, 6) is -0.560. The molecule has 1 N–H and O–H groups in total. The highest BCUT2D eigenvalue weighted by Crippen LogP contribution is 2.25. The molecule has 0 bridgehead atoms. The van der Waals surface area contributed by atoms with E-state index in [4.69, 9.17) is 0 Å². The van der Waals surface area contributed by atoms with Gasteiger partial charge in [0.25, 0.3) is 10.0 Å². The summed E-state index contributed by atoms with van der Waals surface area (Å²) in [4.78, 5) is 16.6. The minimum absolute atomic E-state index is 0.00852. The molecule has 7 heteroatoms. The molecular weight excluding hydrogens is 380 g/mol. The van der Waals surface area contributed by atoms with Crippen molar-refractivity contribution >= 4 is 27.3 Å². The maximum absolute atomic E-state index is 12.6. The van der Waals surface area contributed by atoms with Crippen molar-refractivity contribution < 1.29 is 13.2 Å². The number of benzene rings is 2. The van der Waals surface area contributed by atoms with E-state index in [9.17, 15) is 13.2 Å². The molecule has 1 heterocycles. The van der Waals surface area contributed by atoms with E-state index in [0.29, 0.717) is 5.56 Å². The van der Waals surface area contributed by atoms with Crippen molar-refractivity contribution in [1.82, 2.24) is 9.71 Å². The van der Waals surface area contributed by atoms with E-state index in [0.717, 1.165) is 22.7 Å². The third kappa shape index (κ3) is 4.81. The molecule has 3 rings (SSSR count). The largest absolute Gasteiger partial charge is 0.274 e. The molecule has 1 amide bonds. The number of carbonyl (C=O) groups is 1. The third-order valence-corrected chi connectivity index (χ3v) is 6.43. The Morgan fingerprint density at radius 3 is 2.44 bits per heavy atom. The van der Waals surface area contributed by atoms with Crippen LogP contribution >= 0.6 is 11.3 Å². The number of nitrogens with one attached hydrogen (secondary N) is 1. The van der Waals surface area contributed by atoms with Gasteiger partial charge in [-0.1, -0.05) is 43.3 Å². The molecule has 0 atom stereocenters. The maximum atomic E-state index is 12.6. The molecule has 0 saturated heterocycles. The first-order chi connectivity index (χ1) is 12.9. The molecule has 2 aromatic carbocycles. The van der Waals surface area contributed by atoms with Crippen LogP contribution in [0.3, 0.4) is 0 Å². The quantitative estimate of drug-likeness (QED) is 0.684. The number of nitrogens with zero attached hydrogens (tertiary/aromatic N) is 1. The molecule has 0 fully saturated rings. The van der Waals surface area contributed by atoms with Gasteiger partial charge in [-0.05, 0) is 36.6 Å². The van der Waals surface area contributed by atoms with Gasteiger partial charge in [0.15, 0.2) is 0 Å². The van der Waals surface area contributed by atoms with Crippen LogP contribution in [0.25, 0.3) is 10.6 Å². The predicted molar refractivity (Wildman–Crippen MR) is 107 cm³/mol. The zero-order valence-corrected chi connectivity index (χ0v) is 16.7. The number of aryl methyl sites for hydroxylation is 2. The highest BCUT2D eigenvalue weighted by molar-refractivity contribution is 7.90. The third-order valence-electron chi connectivity index (χ3n) is 4.05. The molecule has 1 aromatic heterocycles. The summed E-state index contributed by atoms with van der Waals surface area (Å²) in [7, 11) is -3.94. The summed E-state index contributed by atoms with van der Waals surface area (Å²) in [6.07, 6.45) is 0.921. The van der Waals surface area contributed by atoms with Crippen LogP contribution in [-0.4, -0.2) is 19.3 Å². The van der Waals surface area contributed by atoms with Crippen molar-refractivity contribution in [3.63, 3.8) is 0 Å². The van der Waals surface area contributed by atoms with E-state index >= 15 is 0 Å². The molecule has 0 aliphatic heterocycles. The number of sulfonamides is 1. The number of carbonyl (C=O) groups excluding carboxylic acids is 1. The van der Waals surface area contributed by atoms with Gasteiger partial charge in [-0.25, -0.2) is 18.1 Å². The molecule has 0 spiro atoms. The average molecular weight is 401 g/mol. The van der Waals surface area contributed by atoms with Crippen molar-refractivity contribution in [2.75, 3.05) is 0 Å². The summed E-state index contributed by atoms with van der Waals surface area (Å²) in [5.41, 5.74) is 3.53. The minimum Gasteiger partial charge on any atom is -0.274 e. The first-order valence-electron chi connectivity index (χ1n) is 8.53. The van der Waals surface area contributed by atoms with Gasteiger partial charge in [0.2, 0.25) is 5.91 Å². The summed E-state index contributed by atoms with van der Waals surface area (Å²) >= 11 is 1.45. The van der Waals surface area contributed by atoms with Crippen LogP contribution in [-0.2, 0) is 27.7 Å². The van der Waals surface area contributed by atoms with E-state index in [1.165, 1.54) is 29.0 Å². The predicted octanol–water partition coefficient (Wildman–Crippen LogP) is 3.73. The second-order valence-corrected chi connectivity index (χ2v) is 8.74. The van der Waals surface area contributed by atoms with E-state index in [1.807, 2.05) is 36.6 Å². The van der Waals surface area contributed by atoms with Crippen molar-refractivity contribution in [2.24, 2.45) is 0 Å². The van der Waals surface area contributed by atoms with Crippen molar-refractivity contribution in [3.8, 4) is 10.6 Å².